The summed E-state index contributed by atoms with van der Waals surface area (Å²) >= 11 is 0. The average molecular weight is 263 g/mol. The molecule has 0 atom stereocenters. The summed E-state index contributed by atoms with van der Waals surface area (Å²) in [5.41, 5.74) is 1.22. The molecular formula is C15H21NO3. The molecule has 0 amide bonds. The molecular weight excluding hydrogens is 242 g/mol. The number of anilines is 1. The molecule has 0 unspecified atom stereocenters. The maximum absolute atomic E-state index is 10.3. The number of methoxy groups -OCH3 is 2. The van der Waals surface area contributed by atoms with Gasteiger partial charge >= 0.3 is 0 Å². The third kappa shape index (κ3) is 2.14. The first-order valence-corrected chi connectivity index (χ1v) is 6.92. The van der Waals surface area contributed by atoms with Gasteiger partial charge in [-0.05, 0) is 31.7 Å². The van der Waals surface area contributed by atoms with E-state index in [4.69, 9.17) is 9.47 Å². The Labute approximate surface area is 113 Å². The van der Waals surface area contributed by atoms with Gasteiger partial charge in [0.2, 0.25) is 0 Å². The van der Waals surface area contributed by atoms with Gasteiger partial charge in [0.15, 0.2) is 0 Å². The molecule has 1 aliphatic heterocycles. The van der Waals surface area contributed by atoms with Gasteiger partial charge in [-0.15, -0.1) is 0 Å². The maximum Gasteiger partial charge on any atom is 0.142 e. The highest BCUT2D eigenvalue weighted by molar-refractivity contribution is 5.65. The minimum atomic E-state index is -0.706. The molecule has 1 saturated carbocycles. The summed E-state index contributed by atoms with van der Waals surface area (Å²) in [4.78, 5) is 2.32. The number of rotatable bonds is 4. The topological polar surface area (TPSA) is 41.9 Å². The fourth-order valence-corrected chi connectivity index (χ4v) is 2.84. The first-order valence-electron chi connectivity index (χ1n) is 6.92. The molecule has 2 aliphatic rings. The summed E-state index contributed by atoms with van der Waals surface area (Å²) in [6.07, 6.45) is 4.04. The maximum atomic E-state index is 10.3. The Hall–Kier alpha value is -1.42. The van der Waals surface area contributed by atoms with Crippen molar-refractivity contribution in [3.05, 3.63) is 17.7 Å². The molecule has 0 bridgehead atoms. The monoisotopic (exact) mass is 263 g/mol. The van der Waals surface area contributed by atoms with Gasteiger partial charge < -0.3 is 19.5 Å². The van der Waals surface area contributed by atoms with Crippen molar-refractivity contribution in [2.24, 2.45) is 0 Å². The Morgan fingerprint density at radius 1 is 1.05 bits per heavy atom. The largest absolute Gasteiger partial charge is 0.496 e. The van der Waals surface area contributed by atoms with Gasteiger partial charge in [0, 0.05) is 24.7 Å². The molecule has 1 saturated heterocycles. The Morgan fingerprint density at radius 3 is 2.21 bits per heavy atom. The van der Waals surface area contributed by atoms with E-state index in [1.165, 1.54) is 12.8 Å². The number of aliphatic hydroxyl groups is 1. The number of benzene rings is 1. The number of hydrogen-bond donors (Lipinski definition) is 1. The lowest BCUT2D eigenvalue weighted by Crippen LogP contribution is -2.19. The molecule has 2 fully saturated rings. The molecule has 4 nitrogen and oxygen atoms in total. The lowest BCUT2D eigenvalue weighted by Gasteiger charge is -2.24. The van der Waals surface area contributed by atoms with E-state index in [0.717, 1.165) is 48.7 Å². The minimum absolute atomic E-state index is 0.706. The second-order valence-corrected chi connectivity index (χ2v) is 5.45. The van der Waals surface area contributed by atoms with Crippen LogP contribution in [0.5, 0.6) is 11.5 Å². The van der Waals surface area contributed by atoms with Crippen molar-refractivity contribution in [3.8, 4) is 11.5 Å². The third-order valence-corrected chi connectivity index (χ3v) is 4.17. The molecule has 1 aliphatic carbocycles. The van der Waals surface area contributed by atoms with Gasteiger partial charge in [-0.25, -0.2) is 0 Å². The van der Waals surface area contributed by atoms with Gasteiger partial charge in [0.1, 0.15) is 11.5 Å². The smallest absolute Gasteiger partial charge is 0.142 e. The lowest BCUT2D eigenvalue weighted by atomic mass is 10.0. The Bertz CT molecular complexity index is 477. The lowest BCUT2D eigenvalue weighted by molar-refractivity contribution is 0.147. The summed E-state index contributed by atoms with van der Waals surface area (Å²) < 4.78 is 11.0. The van der Waals surface area contributed by atoms with E-state index in [0.29, 0.717) is 0 Å². The van der Waals surface area contributed by atoms with Crippen LogP contribution >= 0.6 is 0 Å². The van der Waals surface area contributed by atoms with E-state index >= 15 is 0 Å². The Kier molecular flexibility index (Phi) is 3.05. The zero-order chi connectivity index (χ0) is 13.5. The van der Waals surface area contributed by atoms with Crippen LogP contribution < -0.4 is 14.4 Å². The third-order valence-electron chi connectivity index (χ3n) is 4.17. The van der Waals surface area contributed by atoms with E-state index in [1.807, 2.05) is 12.1 Å². The van der Waals surface area contributed by atoms with Crippen LogP contribution in [0.4, 0.5) is 5.69 Å². The zero-order valence-corrected chi connectivity index (χ0v) is 11.6. The van der Waals surface area contributed by atoms with Gasteiger partial charge in [-0.1, -0.05) is 0 Å². The summed E-state index contributed by atoms with van der Waals surface area (Å²) in [5.74, 6) is 1.60. The number of hydrogen-bond acceptors (Lipinski definition) is 4. The standard InChI is InChI=1S/C15H21NO3/c1-18-13-10-12(16-7-3-4-8-16)14(19-2)9-11(13)15(17)5-6-15/h9-10,17H,3-8H2,1-2H3. The molecule has 0 radical (unpaired) electrons. The van der Waals surface area contributed by atoms with E-state index in [2.05, 4.69) is 4.90 Å². The summed E-state index contributed by atoms with van der Waals surface area (Å²) in [5, 5.41) is 10.3. The van der Waals surface area contributed by atoms with Gasteiger partial charge in [-0.2, -0.15) is 0 Å². The van der Waals surface area contributed by atoms with E-state index in [9.17, 15) is 5.11 Å². The molecule has 1 heterocycles. The summed E-state index contributed by atoms with van der Waals surface area (Å²) in [6.45, 7) is 2.12. The molecule has 1 aromatic carbocycles. The fraction of sp³-hybridized carbons (Fsp3) is 0.600. The average Bonchev–Trinajstić information content (AvgIpc) is 2.96. The van der Waals surface area contributed by atoms with E-state index < -0.39 is 5.60 Å². The quantitative estimate of drug-likeness (QED) is 0.905. The fourth-order valence-electron chi connectivity index (χ4n) is 2.84. The van der Waals surface area contributed by atoms with Crippen LogP contribution in [0.25, 0.3) is 0 Å². The van der Waals surface area contributed by atoms with Crippen LogP contribution in [0, 0.1) is 0 Å². The van der Waals surface area contributed by atoms with Gasteiger partial charge in [-0.3, -0.25) is 0 Å². The van der Waals surface area contributed by atoms with Gasteiger partial charge in [0.25, 0.3) is 0 Å². The second kappa shape index (κ2) is 4.60. The highest BCUT2D eigenvalue weighted by Gasteiger charge is 2.45. The highest BCUT2D eigenvalue weighted by atomic mass is 16.5. The van der Waals surface area contributed by atoms with Crippen LogP contribution in [0.15, 0.2) is 12.1 Å². The molecule has 0 spiro atoms. The number of ether oxygens (including phenoxy) is 2. The zero-order valence-electron chi connectivity index (χ0n) is 11.6. The van der Waals surface area contributed by atoms with Crippen molar-refractivity contribution < 1.29 is 14.6 Å². The molecule has 4 heteroatoms. The second-order valence-electron chi connectivity index (χ2n) is 5.45. The van der Waals surface area contributed by atoms with E-state index in [1.54, 1.807) is 14.2 Å². The van der Waals surface area contributed by atoms with Crippen molar-refractivity contribution in [2.75, 3.05) is 32.2 Å². The van der Waals surface area contributed by atoms with Crippen molar-refractivity contribution in [1.82, 2.24) is 0 Å². The molecule has 0 aromatic heterocycles. The molecule has 1 N–H and O–H groups in total. The predicted molar refractivity (Wildman–Crippen MR) is 74.1 cm³/mol. The minimum Gasteiger partial charge on any atom is -0.496 e. The molecule has 19 heavy (non-hydrogen) atoms. The van der Waals surface area contributed by atoms with Crippen molar-refractivity contribution in [2.45, 2.75) is 31.3 Å². The van der Waals surface area contributed by atoms with Gasteiger partial charge in [0.05, 0.1) is 25.5 Å². The number of nitrogens with zero attached hydrogens (tertiary/aromatic N) is 1. The predicted octanol–water partition coefficient (Wildman–Crippen LogP) is 2.29. The molecule has 1 aromatic rings. The SMILES string of the molecule is COc1cc(C2(O)CC2)c(OC)cc1N1CCCC1. The Balaban J connectivity index is 2.04. The van der Waals surface area contributed by atoms with Crippen molar-refractivity contribution in [3.63, 3.8) is 0 Å². The van der Waals surface area contributed by atoms with Crippen LogP contribution in [0.3, 0.4) is 0 Å². The van der Waals surface area contributed by atoms with Crippen LogP contribution in [0.1, 0.15) is 31.2 Å². The van der Waals surface area contributed by atoms with Crippen LogP contribution in [0.2, 0.25) is 0 Å². The van der Waals surface area contributed by atoms with Crippen LogP contribution in [-0.4, -0.2) is 32.4 Å². The van der Waals surface area contributed by atoms with Crippen LogP contribution in [-0.2, 0) is 5.60 Å². The molecule has 104 valence electrons. The van der Waals surface area contributed by atoms with E-state index in [-0.39, 0.29) is 0 Å². The van der Waals surface area contributed by atoms with Crippen molar-refractivity contribution in [1.29, 1.82) is 0 Å². The summed E-state index contributed by atoms with van der Waals surface area (Å²) in [7, 11) is 3.34. The first kappa shape index (κ1) is 12.6. The molecule has 3 rings (SSSR count). The highest BCUT2D eigenvalue weighted by Crippen LogP contribution is 2.51. The Morgan fingerprint density at radius 2 is 1.68 bits per heavy atom. The summed E-state index contributed by atoms with van der Waals surface area (Å²) in [6, 6.07) is 3.95. The first-order chi connectivity index (χ1) is 9.18. The van der Waals surface area contributed by atoms with Crippen molar-refractivity contribution >= 4 is 5.69 Å². The normalized spacial score (nSPS) is 20.5.